The molecule has 7 nitrogen and oxygen atoms in total. The maximum atomic E-state index is 13.2. The molecule has 11 heteroatoms. The first-order valence-corrected chi connectivity index (χ1v) is 11.7. The predicted octanol–water partition coefficient (Wildman–Crippen LogP) is 5.22. The van der Waals surface area contributed by atoms with E-state index in [1.165, 1.54) is 18.0 Å². The number of nitrogens with zero attached hydrogens (tertiary/aromatic N) is 4. The molecule has 32 heavy (non-hydrogen) atoms. The summed E-state index contributed by atoms with van der Waals surface area (Å²) in [7, 11) is 0. The minimum absolute atomic E-state index is 0.0985. The normalized spacial score (nSPS) is 15.2. The summed E-state index contributed by atoms with van der Waals surface area (Å²) in [6.45, 7) is 0. The smallest absolute Gasteiger partial charge is 0.265 e. The standard InChI is InChI=1S/C21H14Cl3N5O2S/c22-11-1-4-13(5-2-11)29-19-15(9-25-29)20(31)28-14(10-32-21(28)27-19)8-18(30)26-17-7-12(23)3-6-16(17)24/h1-7,9,14H,8,10H2,(H,26,30). The lowest BCUT2D eigenvalue weighted by Gasteiger charge is -2.14. The van der Waals surface area contributed by atoms with Crippen LogP contribution in [0, 0.1) is 0 Å². The number of carbonyl (C=O) groups is 1. The fraction of sp³-hybridized carbons (Fsp3) is 0.143. The monoisotopic (exact) mass is 505 g/mol. The van der Waals surface area contributed by atoms with Gasteiger partial charge in [-0.1, -0.05) is 46.6 Å². The van der Waals surface area contributed by atoms with Crippen LogP contribution in [0.1, 0.15) is 12.5 Å². The topological polar surface area (TPSA) is 81.8 Å². The Hall–Kier alpha value is -2.52. The minimum Gasteiger partial charge on any atom is -0.325 e. The Balaban J connectivity index is 1.44. The largest absolute Gasteiger partial charge is 0.325 e. The van der Waals surface area contributed by atoms with Crippen molar-refractivity contribution in [2.75, 3.05) is 11.1 Å². The van der Waals surface area contributed by atoms with Crippen LogP contribution in [0.2, 0.25) is 15.1 Å². The third-order valence-corrected chi connectivity index (χ3v) is 6.98. The third kappa shape index (κ3) is 3.88. The molecule has 2 aromatic carbocycles. The molecule has 0 spiro atoms. The minimum atomic E-state index is -0.337. The van der Waals surface area contributed by atoms with Crippen molar-refractivity contribution in [1.82, 2.24) is 19.3 Å². The van der Waals surface area contributed by atoms with E-state index in [9.17, 15) is 9.59 Å². The number of carbonyl (C=O) groups excluding carboxylic acids is 1. The van der Waals surface area contributed by atoms with Gasteiger partial charge in [0.2, 0.25) is 5.91 Å². The van der Waals surface area contributed by atoms with Gasteiger partial charge in [0.05, 0.1) is 28.6 Å². The molecule has 1 atom stereocenters. The van der Waals surface area contributed by atoms with E-state index in [2.05, 4.69) is 15.4 Å². The van der Waals surface area contributed by atoms with Crippen LogP contribution in [0.4, 0.5) is 5.69 Å². The lowest BCUT2D eigenvalue weighted by atomic mass is 10.2. The molecule has 2 aromatic heterocycles. The van der Waals surface area contributed by atoms with Crippen molar-refractivity contribution in [3.63, 3.8) is 0 Å². The molecule has 4 aromatic rings. The predicted molar refractivity (Wildman–Crippen MR) is 128 cm³/mol. The van der Waals surface area contributed by atoms with Crippen LogP contribution in [0.3, 0.4) is 0 Å². The molecule has 1 N–H and O–H groups in total. The van der Waals surface area contributed by atoms with Gasteiger partial charge >= 0.3 is 0 Å². The first-order chi connectivity index (χ1) is 15.4. The van der Waals surface area contributed by atoms with E-state index in [0.29, 0.717) is 42.7 Å². The van der Waals surface area contributed by atoms with Crippen LogP contribution < -0.4 is 10.9 Å². The van der Waals surface area contributed by atoms with Crippen molar-refractivity contribution in [1.29, 1.82) is 0 Å². The lowest BCUT2D eigenvalue weighted by molar-refractivity contribution is -0.116. The van der Waals surface area contributed by atoms with Gasteiger partial charge in [-0.05, 0) is 42.5 Å². The zero-order chi connectivity index (χ0) is 22.4. The molecule has 0 fully saturated rings. The SMILES string of the molecule is O=C(CC1CSc2nc3c(cnn3-c3ccc(Cl)cc3)c(=O)n21)Nc1cc(Cl)ccc1Cl. The number of fused-ring (bicyclic) bond motifs is 2. The van der Waals surface area contributed by atoms with Gasteiger partial charge in [0.1, 0.15) is 5.39 Å². The molecular formula is C21H14Cl3N5O2S. The van der Waals surface area contributed by atoms with E-state index in [4.69, 9.17) is 34.8 Å². The third-order valence-electron chi connectivity index (χ3n) is 5.07. The van der Waals surface area contributed by atoms with Gasteiger partial charge in [-0.2, -0.15) is 5.10 Å². The van der Waals surface area contributed by atoms with Crippen LogP contribution in [0.25, 0.3) is 16.7 Å². The Bertz CT molecular complexity index is 1420. The highest BCUT2D eigenvalue weighted by Crippen LogP contribution is 2.34. The van der Waals surface area contributed by atoms with Crippen LogP contribution in [-0.2, 0) is 4.79 Å². The number of halogens is 3. The summed E-state index contributed by atoms with van der Waals surface area (Å²) >= 11 is 19.5. The molecule has 3 heterocycles. The van der Waals surface area contributed by atoms with Gasteiger partial charge < -0.3 is 5.32 Å². The summed E-state index contributed by atoms with van der Waals surface area (Å²) in [5, 5.41) is 9.50. The number of rotatable bonds is 4. The van der Waals surface area contributed by atoms with E-state index in [-0.39, 0.29) is 23.9 Å². The number of thioether (sulfide) groups is 1. The molecule has 162 valence electrons. The quantitative estimate of drug-likeness (QED) is 0.384. The molecule has 1 amide bonds. The number of hydrogen-bond donors (Lipinski definition) is 1. The summed E-state index contributed by atoms with van der Waals surface area (Å²) in [4.78, 5) is 30.5. The Labute approximate surface area is 201 Å². The molecule has 0 saturated heterocycles. The van der Waals surface area contributed by atoms with E-state index in [1.54, 1.807) is 39.6 Å². The van der Waals surface area contributed by atoms with Crippen molar-refractivity contribution in [3.8, 4) is 5.69 Å². The summed E-state index contributed by atoms with van der Waals surface area (Å²) in [6, 6.07) is 11.6. The second-order valence-electron chi connectivity index (χ2n) is 7.18. The summed E-state index contributed by atoms with van der Waals surface area (Å²) < 4.78 is 3.18. The molecule has 1 aliphatic heterocycles. The Kier molecular flexibility index (Phi) is 5.63. The highest BCUT2D eigenvalue weighted by atomic mass is 35.5. The molecule has 1 aliphatic rings. The maximum absolute atomic E-state index is 13.2. The van der Waals surface area contributed by atoms with Crippen molar-refractivity contribution < 1.29 is 4.79 Å². The average Bonchev–Trinajstić information content (AvgIpc) is 3.36. The second kappa shape index (κ2) is 8.44. The highest BCUT2D eigenvalue weighted by Gasteiger charge is 2.29. The Morgan fingerprint density at radius 1 is 1.12 bits per heavy atom. The highest BCUT2D eigenvalue weighted by molar-refractivity contribution is 7.99. The van der Waals surface area contributed by atoms with Gasteiger partial charge in [-0.15, -0.1) is 0 Å². The fourth-order valence-corrected chi connectivity index (χ4v) is 5.15. The van der Waals surface area contributed by atoms with Gasteiger partial charge in [0.15, 0.2) is 10.8 Å². The number of amides is 1. The lowest BCUT2D eigenvalue weighted by Crippen LogP contribution is -2.27. The molecular weight excluding hydrogens is 493 g/mol. The second-order valence-corrected chi connectivity index (χ2v) is 9.45. The van der Waals surface area contributed by atoms with Gasteiger partial charge in [0.25, 0.3) is 5.56 Å². The van der Waals surface area contributed by atoms with Crippen molar-refractivity contribution >= 4 is 69.2 Å². The molecule has 5 rings (SSSR count). The number of benzene rings is 2. The maximum Gasteiger partial charge on any atom is 0.265 e. The van der Waals surface area contributed by atoms with E-state index >= 15 is 0 Å². The average molecular weight is 507 g/mol. The molecule has 0 aliphatic carbocycles. The van der Waals surface area contributed by atoms with E-state index in [0.717, 1.165) is 5.69 Å². The van der Waals surface area contributed by atoms with Crippen LogP contribution in [-0.4, -0.2) is 31.0 Å². The van der Waals surface area contributed by atoms with Crippen LogP contribution >= 0.6 is 46.6 Å². The molecule has 1 unspecified atom stereocenters. The van der Waals surface area contributed by atoms with Crippen molar-refractivity contribution in [3.05, 3.63) is 74.1 Å². The first kappa shape index (κ1) is 21.3. The first-order valence-electron chi connectivity index (χ1n) is 9.54. The zero-order valence-corrected chi connectivity index (χ0v) is 19.3. The van der Waals surface area contributed by atoms with E-state index < -0.39 is 0 Å². The fourth-order valence-electron chi connectivity index (χ4n) is 3.56. The molecule has 0 saturated carbocycles. The Morgan fingerprint density at radius 2 is 1.88 bits per heavy atom. The number of aromatic nitrogens is 4. The summed E-state index contributed by atoms with van der Waals surface area (Å²) in [5.74, 6) is 0.288. The number of hydrogen-bond acceptors (Lipinski definition) is 5. The van der Waals surface area contributed by atoms with E-state index in [1.807, 2.05) is 12.1 Å². The van der Waals surface area contributed by atoms with Crippen molar-refractivity contribution in [2.45, 2.75) is 17.6 Å². The van der Waals surface area contributed by atoms with Crippen LogP contribution in [0.5, 0.6) is 0 Å². The summed E-state index contributed by atoms with van der Waals surface area (Å²) in [5.41, 5.74) is 1.42. The van der Waals surface area contributed by atoms with Crippen LogP contribution in [0.15, 0.2) is 58.6 Å². The Morgan fingerprint density at radius 3 is 2.66 bits per heavy atom. The number of anilines is 1. The van der Waals surface area contributed by atoms with Gasteiger partial charge in [0, 0.05) is 22.2 Å². The number of nitrogens with one attached hydrogen (secondary N) is 1. The van der Waals surface area contributed by atoms with Crippen molar-refractivity contribution in [2.24, 2.45) is 0 Å². The summed E-state index contributed by atoms with van der Waals surface area (Å²) in [6.07, 6.45) is 1.60. The van der Waals surface area contributed by atoms with Gasteiger partial charge in [-0.3, -0.25) is 14.2 Å². The molecule has 0 radical (unpaired) electrons. The molecule has 0 bridgehead atoms. The zero-order valence-electron chi connectivity index (χ0n) is 16.3. The van der Waals surface area contributed by atoms with Gasteiger partial charge in [-0.25, -0.2) is 9.67 Å².